The Balaban J connectivity index is 2.31. The van der Waals surface area contributed by atoms with Gasteiger partial charge >= 0.3 is 5.69 Å². The van der Waals surface area contributed by atoms with Gasteiger partial charge < -0.3 is 15.1 Å². The van der Waals surface area contributed by atoms with Crippen LogP contribution < -0.4 is 4.90 Å². The van der Waals surface area contributed by atoms with Crippen LogP contribution in [0, 0.1) is 27.2 Å². The molecule has 0 atom stereocenters. The van der Waals surface area contributed by atoms with Crippen LogP contribution in [0.15, 0.2) is 46.6 Å². The van der Waals surface area contributed by atoms with Gasteiger partial charge in [0, 0.05) is 24.8 Å². The number of aryl methyl sites for hydroxylation is 1. The molecule has 0 bridgehead atoms. The third-order valence-corrected chi connectivity index (χ3v) is 3.92. The largest absolute Gasteiger partial charge is 0.395 e. The van der Waals surface area contributed by atoms with Gasteiger partial charge in [0.1, 0.15) is 0 Å². The van der Waals surface area contributed by atoms with Crippen molar-refractivity contribution in [1.29, 1.82) is 0 Å². The summed E-state index contributed by atoms with van der Waals surface area (Å²) < 4.78 is 0. The van der Waals surface area contributed by atoms with Gasteiger partial charge in [-0.3, -0.25) is 20.2 Å². The third kappa shape index (κ3) is 5.05. The first-order valence-corrected chi connectivity index (χ1v) is 8.29. The molecule has 0 radical (unpaired) electrons. The molecule has 28 heavy (non-hydrogen) atoms. The van der Waals surface area contributed by atoms with Crippen LogP contribution in [0.1, 0.15) is 5.56 Å². The quantitative estimate of drug-likeness (QED) is 0.379. The van der Waals surface area contributed by atoms with Crippen molar-refractivity contribution in [2.24, 2.45) is 10.2 Å². The highest BCUT2D eigenvalue weighted by molar-refractivity contribution is 5.62. The molecular formula is C17H19N5O6. The molecule has 0 fully saturated rings. The van der Waals surface area contributed by atoms with Crippen LogP contribution in [0.3, 0.4) is 0 Å². The fourth-order valence-electron chi connectivity index (χ4n) is 2.52. The number of nitro benzene ring substituents is 2. The number of aliphatic hydroxyl groups excluding tert-OH is 2. The SMILES string of the molecule is Cc1cc(N(CCO)CCO)ccc1/N=N/c1ccc([N+](=O)[O-])cc1[N+](=O)[O-]. The van der Waals surface area contributed by atoms with E-state index >= 15 is 0 Å². The molecule has 0 aliphatic heterocycles. The van der Waals surface area contributed by atoms with E-state index in [1.54, 1.807) is 30.0 Å². The van der Waals surface area contributed by atoms with Crippen molar-refractivity contribution < 1.29 is 20.1 Å². The molecule has 2 rings (SSSR count). The lowest BCUT2D eigenvalue weighted by Gasteiger charge is -2.23. The van der Waals surface area contributed by atoms with E-state index in [2.05, 4.69) is 10.2 Å². The molecule has 2 N–H and O–H groups in total. The lowest BCUT2D eigenvalue weighted by molar-refractivity contribution is -0.393. The summed E-state index contributed by atoms with van der Waals surface area (Å²) in [6.45, 7) is 2.36. The number of non-ortho nitro benzene ring substituents is 1. The molecule has 0 aliphatic rings. The van der Waals surface area contributed by atoms with E-state index in [4.69, 9.17) is 10.2 Å². The van der Waals surface area contributed by atoms with Crippen LogP contribution >= 0.6 is 0 Å². The van der Waals surface area contributed by atoms with Crippen molar-refractivity contribution in [2.45, 2.75) is 6.92 Å². The number of hydrogen-bond acceptors (Lipinski definition) is 9. The number of benzene rings is 2. The number of anilines is 1. The predicted molar refractivity (Wildman–Crippen MR) is 101 cm³/mol. The van der Waals surface area contributed by atoms with Crippen LogP contribution in [-0.4, -0.2) is 46.4 Å². The summed E-state index contributed by atoms with van der Waals surface area (Å²) in [7, 11) is 0. The first kappa shape index (κ1) is 20.9. The molecule has 0 aliphatic carbocycles. The van der Waals surface area contributed by atoms with Crippen molar-refractivity contribution in [3.05, 3.63) is 62.2 Å². The normalized spacial score (nSPS) is 11.0. The fraction of sp³-hybridized carbons (Fsp3) is 0.294. The Labute approximate surface area is 159 Å². The molecule has 0 amide bonds. The summed E-state index contributed by atoms with van der Waals surface area (Å²) >= 11 is 0. The van der Waals surface area contributed by atoms with E-state index in [0.29, 0.717) is 18.8 Å². The van der Waals surface area contributed by atoms with Crippen molar-refractivity contribution in [1.82, 2.24) is 0 Å². The fourth-order valence-corrected chi connectivity index (χ4v) is 2.52. The minimum Gasteiger partial charge on any atom is -0.395 e. The zero-order chi connectivity index (χ0) is 20.7. The minimum atomic E-state index is -0.751. The maximum Gasteiger partial charge on any atom is 0.303 e. The van der Waals surface area contributed by atoms with Gasteiger partial charge in [0.05, 0.1) is 34.8 Å². The lowest BCUT2D eigenvalue weighted by Crippen LogP contribution is -2.29. The van der Waals surface area contributed by atoms with Crippen molar-refractivity contribution in [2.75, 3.05) is 31.2 Å². The second-order valence-corrected chi connectivity index (χ2v) is 5.79. The highest BCUT2D eigenvalue weighted by atomic mass is 16.6. The van der Waals surface area contributed by atoms with Gasteiger partial charge in [0.25, 0.3) is 5.69 Å². The Bertz CT molecular complexity index is 896. The van der Waals surface area contributed by atoms with Gasteiger partial charge in [-0.25, -0.2) is 0 Å². The van der Waals surface area contributed by atoms with Crippen LogP contribution in [0.2, 0.25) is 0 Å². The van der Waals surface area contributed by atoms with Crippen LogP contribution in [0.5, 0.6) is 0 Å². The molecular weight excluding hydrogens is 370 g/mol. The maximum absolute atomic E-state index is 11.2. The van der Waals surface area contributed by atoms with Gasteiger partial charge in [0.15, 0.2) is 5.69 Å². The highest BCUT2D eigenvalue weighted by Crippen LogP contribution is 2.33. The molecule has 0 saturated heterocycles. The molecule has 0 unspecified atom stereocenters. The summed E-state index contributed by atoms with van der Waals surface area (Å²) in [5.74, 6) is 0. The zero-order valence-electron chi connectivity index (χ0n) is 15.1. The summed E-state index contributed by atoms with van der Waals surface area (Å²) in [6, 6.07) is 8.33. The summed E-state index contributed by atoms with van der Waals surface area (Å²) in [6.07, 6.45) is 0. The number of nitrogens with zero attached hydrogens (tertiary/aromatic N) is 5. The molecule has 0 spiro atoms. The van der Waals surface area contributed by atoms with Gasteiger partial charge in [-0.1, -0.05) is 0 Å². The van der Waals surface area contributed by atoms with Gasteiger partial charge in [-0.2, -0.15) is 5.11 Å². The molecule has 148 valence electrons. The monoisotopic (exact) mass is 389 g/mol. The van der Waals surface area contributed by atoms with E-state index in [0.717, 1.165) is 23.4 Å². The summed E-state index contributed by atoms with van der Waals surface area (Å²) in [5, 5.41) is 48.1. The van der Waals surface area contributed by atoms with Gasteiger partial charge in [-0.05, 0) is 36.8 Å². The number of hydrogen-bond donors (Lipinski definition) is 2. The first-order valence-electron chi connectivity index (χ1n) is 8.29. The lowest BCUT2D eigenvalue weighted by atomic mass is 10.1. The summed E-state index contributed by atoms with van der Waals surface area (Å²) in [4.78, 5) is 22.3. The summed E-state index contributed by atoms with van der Waals surface area (Å²) in [5.41, 5.74) is 0.960. The third-order valence-electron chi connectivity index (χ3n) is 3.92. The number of rotatable bonds is 9. The van der Waals surface area contributed by atoms with E-state index in [-0.39, 0.29) is 18.9 Å². The Morgan fingerprint density at radius 3 is 2.07 bits per heavy atom. The molecule has 0 heterocycles. The van der Waals surface area contributed by atoms with Crippen molar-refractivity contribution >= 4 is 28.4 Å². The van der Waals surface area contributed by atoms with Crippen LogP contribution in [-0.2, 0) is 0 Å². The minimum absolute atomic E-state index is 0.0652. The molecule has 11 nitrogen and oxygen atoms in total. The van der Waals surface area contributed by atoms with Crippen LogP contribution in [0.4, 0.5) is 28.4 Å². The average molecular weight is 389 g/mol. The Morgan fingerprint density at radius 2 is 1.54 bits per heavy atom. The Morgan fingerprint density at radius 1 is 0.929 bits per heavy atom. The van der Waals surface area contributed by atoms with E-state index < -0.39 is 21.2 Å². The molecule has 0 saturated carbocycles. The topological polar surface area (TPSA) is 155 Å². The first-order chi connectivity index (χ1) is 13.4. The van der Waals surface area contributed by atoms with Gasteiger partial charge in [0.2, 0.25) is 0 Å². The maximum atomic E-state index is 11.2. The Hall–Kier alpha value is -3.44. The zero-order valence-corrected chi connectivity index (χ0v) is 15.1. The average Bonchev–Trinajstić information content (AvgIpc) is 2.66. The smallest absolute Gasteiger partial charge is 0.303 e. The molecule has 2 aromatic rings. The van der Waals surface area contributed by atoms with Gasteiger partial charge in [-0.15, -0.1) is 5.11 Å². The second-order valence-electron chi connectivity index (χ2n) is 5.79. The Kier molecular flexibility index (Phi) is 7.07. The highest BCUT2D eigenvalue weighted by Gasteiger charge is 2.19. The van der Waals surface area contributed by atoms with E-state index in [1.165, 1.54) is 6.07 Å². The second kappa shape index (κ2) is 9.48. The number of nitro groups is 2. The predicted octanol–water partition coefficient (Wildman–Crippen LogP) is 3.02. The van der Waals surface area contributed by atoms with E-state index in [9.17, 15) is 20.2 Å². The van der Waals surface area contributed by atoms with E-state index in [1.807, 2.05) is 0 Å². The molecule has 2 aromatic carbocycles. The number of aliphatic hydroxyl groups is 2. The standard InChI is InChI=1S/C17H19N5O6/c1-12-10-13(20(6-8-23)7-9-24)2-4-15(12)18-19-16-5-3-14(21(25)26)11-17(16)22(27)28/h2-5,10-11,23-24H,6-9H2,1H3/b19-18+. The molecule has 0 aromatic heterocycles. The number of azo groups is 1. The van der Waals surface area contributed by atoms with Crippen LogP contribution in [0.25, 0.3) is 0 Å². The van der Waals surface area contributed by atoms with Crippen molar-refractivity contribution in [3.63, 3.8) is 0 Å². The molecule has 11 heteroatoms. The van der Waals surface area contributed by atoms with Crippen molar-refractivity contribution in [3.8, 4) is 0 Å².